The van der Waals surface area contributed by atoms with Crippen molar-refractivity contribution >= 4 is 23.0 Å². The number of rotatable bonds is 8. The number of hydrogen-bond acceptors (Lipinski definition) is 1. The Morgan fingerprint density at radius 2 is 1.50 bits per heavy atom. The average molecular weight is 470 g/mol. The van der Waals surface area contributed by atoms with Gasteiger partial charge in [0.25, 0.3) is 0 Å². The molecule has 0 saturated heterocycles. The summed E-state index contributed by atoms with van der Waals surface area (Å²) in [6.07, 6.45) is 21.7. The second kappa shape index (κ2) is 12.6. The molecule has 36 heavy (non-hydrogen) atoms. The van der Waals surface area contributed by atoms with Gasteiger partial charge in [-0.2, -0.15) is 0 Å². The van der Waals surface area contributed by atoms with Gasteiger partial charge in [0.15, 0.2) is 0 Å². The molecule has 0 heterocycles. The highest BCUT2D eigenvalue weighted by Crippen LogP contribution is 2.34. The van der Waals surface area contributed by atoms with E-state index in [4.69, 9.17) is 0 Å². The molecule has 0 fully saturated rings. The summed E-state index contributed by atoms with van der Waals surface area (Å²) in [5.41, 5.74) is 9.78. The predicted molar refractivity (Wildman–Crippen MR) is 158 cm³/mol. The molecule has 1 nitrogen and oxygen atoms in total. The van der Waals surface area contributed by atoms with E-state index in [1.165, 1.54) is 27.8 Å². The zero-order chi connectivity index (χ0) is 25.2. The zero-order valence-electron chi connectivity index (χ0n) is 21.6. The van der Waals surface area contributed by atoms with E-state index in [1.807, 2.05) is 6.92 Å². The van der Waals surface area contributed by atoms with Gasteiger partial charge in [0.05, 0.1) is 0 Å². The summed E-state index contributed by atoms with van der Waals surface area (Å²) in [6, 6.07) is 28.3. The van der Waals surface area contributed by atoms with Crippen LogP contribution in [0, 0.1) is 6.92 Å². The molecule has 180 valence electrons. The van der Waals surface area contributed by atoms with E-state index in [9.17, 15) is 0 Å². The smallest absolute Gasteiger partial charge is 0.0462 e. The minimum atomic E-state index is 1.07. The highest BCUT2D eigenvalue weighted by atomic mass is 15.1. The van der Waals surface area contributed by atoms with Gasteiger partial charge in [-0.1, -0.05) is 96.6 Å². The van der Waals surface area contributed by atoms with E-state index >= 15 is 0 Å². The molecule has 4 rings (SSSR count). The number of benzene rings is 3. The van der Waals surface area contributed by atoms with Crippen LogP contribution in [0.2, 0.25) is 0 Å². The summed E-state index contributed by atoms with van der Waals surface area (Å²) in [6.45, 7) is 6.23. The Labute approximate surface area is 216 Å². The monoisotopic (exact) mass is 469 g/mol. The van der Waals surface area contributed by atoms with Crippen LogP contribution < -0.4 is 4.90 Å². The van der Waals surface area contributed by atoms with Gasteiger partial charge in [0.2, 0.25) is 0 Å². The molecule has 0 bridgehead atoms. The van der Waals surface area contributed by atoms with E-state index in [0.29, 0.717) is 0 Å². The summed E-state index contributed by atoms with van der Waals surface area (Å²) in [4.78, 5) is 2.31. The van der Waals surface area contributed by atoms with E-state index < -0.39 is 0 Å². The Hall–Kier alpha value is -4.10. The molecule has 0 N–H and O–H groups in total. The van der Waals surface area contributed by atoms with Gasteiger partial charge in [-0.3, -0.25) is 0 Å². The molecule has 0 spiro atoms. The first-order chi connectivity index (χ1) is 17.7. The molecule has 1 aliphatic rings. The molecule has 0 aliphatic heterocycles. The standard InChI is InChI=1S/C35H35N/c1-4-6-18-32(13-5-2)36(33-23-19-28(3)20-24-33)34-25-21-29(22-26-34)27-35(30-14-9-7-10-15-30)31-16-11-8-12-17-31/h4-11,13-16,18-27H,12,17H2,1-3H3. The Morgan fingerprint density at radius 3 is 2.11 bits per heavy atom. The third-order valence-electron chi connectivity index (χ3n) is 6.25. The van der Waals surface area contributed by atoms with Crippen molar-refractivity contribution in [1.82, 2.24) is 0 Å². The Morgan fingerprint density at radius 1 is 0.806 bits per heavy atom. The van der Waals surface area contributed by atoms with Gasteiger partial charge < -0.3 is 4.90 Å². The molecule has 3 aromatic rings. The maximum atomic E-state index is 2.32. The summed E-state index contributed by atoms with van der Waals surface area (Å²) in [7, 11) is 0. The van der Waals surface area contributed by atoms with E-state index in [2.05, 4.69) is 152 Å². The highest BCUT2D eigenvalue weighted by Gasteiger charge is 2.14. The van der Waals surface area contributed by atoms with Crippen molar-refractivity contribution in [2.75, 3.05) is 4.90 Å². The minimum Gasteiger partial charge on any atom is -0.311 e. The third kappa shape index (κ3) is 6.31. The van der Waals surface area contributed by atoms with Crippen molar-refractivity contribution in [3.63, 3.8) is 0 Å². The number of aryl methyl sites for hydroxylation is 1. The lowest BCUT2D eigenvalue weighted by Crippen LogP contribution is -2.15. The summed E-state index contributed by atoms with van der Waals surface area (Å²) >= 11 is 0. The van der Waals surface area contributed by atoms with Crippen LogP contribution in [0.1, 0.15) is 43.4 Å². The van der Waals surface area contributed by atoms with E-state index in [-0.39, 0.29) is 0 Å². The predicted octanol–water partition coefficient (Wildman–Crippen LogP) is 9.99. The molecule has 1 aliphatic carbocycles. The zero-order valence-corrected chi connectivity index (χ0v) is 21.6. The van der Waals surface area contributed by atoms with Gasteiger partial charge in [0, 0.05) is 17.1 Å². The van der Waals surface area contributed by atoms with Crippen LogP contribution in [0.15, 0.2) is 139 Å². The van der Waals surface area contributed by atoms with Gasteiger partial charge in [-0.15, -0.1) is 0 Å². The molecule has 3 aromatic carbocycles. The fourth-order valence-corrected chi connectivity index (χ4v) is 4.40. The van der Waals surface area contributed by atoms with Crippen LogP contribution in [0.4, 0.5) is 11.4 Å². The van der Waals surface area contributed by atoms with Gasteiger partial charge in [-0.05, 0) is 98.4 Å². The van der Waals surface area contributed by atoms with Gasteiger partial charge in [0.1, 0.15) is 0 Å². The highest BCUT2D eigenvalue weighted by molar-refractivity contribution is 5.91. The van der Waals surface area contributed by atoms with Crippen LogP contribution >= 0.6 is 0 Å². The van der Waals surface area contributed by atoms with Crippen LogP contribution in [0.3, 0.4) is 0 Å². The number of hydrogen-bond donors (Lipinski definition) is 0. The van der Waals surface area contributed by atoms with Gasteiger partial charge >= 0.3 is 0 Å². The average Bonchev–Trinajstić information content (AvgIpc) is 2.93. The van der Waals surface area contributed by atoms with Crippen LogP contribution in [0.25, 0.3) is 11.6 Å². The van der Waals surface area contributed by atoms with Crippen LogP contribution in [0.5, 0.6) is 0 Å². The Kier molecular flexibility index (Phi) is 8.72. The van der Waals surface area contributed by atoms with Crippen molar-refractivity contribution < 1.29 is 0 Å². The Balaban J connectivity index is 1.76. The van der Waals surface area contributed by atoms with Crippen LogP contribution in [-0.4, -0.2) is 0 Å². The lowest BCUT2D eigenvalue weighted by Gasteiger charge is -2.26. The molecule has 0 amide bonds. The molecule has 0 atom stereocenters. The first-order valence-corrected chi connectivity index (χ1v) is 12.8. The van der Waals surface area contributed by atoms with Crippen LogP contribution in [-0.2, 0) is 0 Å². The topological polar surface area (TPSA) is 3.24 Å². The van der Waals surface area contributed by atoms with Crippen molar-refractivity contribution in [1.29, 1.82) is 0 Å². The fourth-order valence-electron chi connectivity index (χ4n) is 4.40. The lowest BCUT2D eigenvalue weighted by molar-refractivity contribution is 0.997. The first-order valence-electron chi connectivity index (χ1n) is 12.8. The largest absolute Gasteiger partial charge is 0.311 e. The van der Waals surface area contributed by atoms with E-state index in [1.54, 1.807) is 0 Å². The molecule has 0 saturated carbocycles. The maximum Gasteiger partial charge on any atom is 0.0462 e. The maximum absolute atomic E-state index is 2.32. The van der Waals surface area contributed by atoms with Crippen molar-refractivity contribution in [3.8, 4) is 0 Å². The molecular formula is C35H35N. The molecule has 1 heteroatoms. The minimum absolute atomic E-state index is 1.07. The number of allylic oxidation sites excluding steroid dienone is 10. The number of anilines is 2. The Bertz CT molecular complexity index is 1310. The second-order valence-corrected chi connectivity index (χ2v) is 8.96. The van der Waals surface area contributed by atoms with E-state index in [0.717, 1.165) is 29.9 Å². The summed E-state index contributed by atoms with van der Waals surface area (Å²) < 4.78 is 0. The summed E-state index contributed by atoms with van der Waals surface area (Å²) in [5, 5.41) is 0. The second-order valence-electron chi connectivity index (χ2n) is 8.96. The molecular weight excluding hydrogens is 434 g/mol. The first kappa shape index (κ1) is 25.0. The molecule has 0 aromatic heterocycles. The normalized spacial score (nSPS) is 14.5. The fraction of sp³-hybridized carbons (Fsp3) is 0.143. The SMILES string of the molecule is CC=CC=C(C=CC)N(c1ccc(C)cc1)c1ccc(C=C(C2=CC=CCC2)c2ccccc2)cc1. The quantitative estimate of drug-likeness (QED) is 0.234. The molecule has 0 unspecified atom stereocenters. The third-order valence-corrected chi connectivity index (χ3v) is 6.25. The van der Waals surface area contributed by atoms with Crippen molar-refractivity contribution in [3.05, 3.63) is 155 Å². The summed E-state index contributed by atoms with van der Waals surface area (Å²) in [5.74, 6) is 0. The van der Waals surface area contributed by atoms with Gasteiger partial charge in [-0.25, -0.2) is 0 Å². The number of nitrogens with zero attached hydrogens (tertiary/aromatic N) is 1. The molecule has 0 radical (unpaired) electrons. The van der Waals surface area contributed by atoms with Crippen molar-refractivity contribution in [2.45, 2.75) is 33.6 Å². The van der Waals surface area contributed by atoms with Crippen molar-refractivity contribution in [2.24, 2.45) is 0 Å². The lowest BCUT2D eigenvalue weighted by atomic mass is 9.90.